The lowest BCUT2D eigenvalue weighted by Crippen LogP contribution is -2.37. The van der Waals surface area contributed by atoms with Crippen LogP contribution in [-0.4, -0.2) is 49.6 Å². The van der Waals surface area contributed by atoms with Gasteiger partial charge in [0.15, 0.2) is 15.6 Å². The lowest BCUT2D eigenvalue weighted by Gasteiger charge is -2.23. The normalized spacial score (nSPS) is 20.0. The molecule has 0 aliphatic carbocycles. The van der Waals surface area contributed by atoms with Gasteiger partial charge in [-0.3, -0.25) is 9.59 Å². The van der Waals surface area contributed by atoms with Gasteiger partial charge in [-0.25, -0.2) is 8.42 Å². The van der Waals surface area contributed by atoms with Gasteiger partial charge in [-0.2, -0.15) is 0 Å². The van der Waals surface area contributed by atoms with E-state index in [1.165, 1.54) is 4.90 Å². The summed E-state index contributed by atoms with van der Waals surface area (Å²) in [7, 11) is -1.39. The molecule has 1 aliphatic rings. The summed E-state index contributed by atoms with van der Waals surface area (Å²) in [5, 5.41) is 0. The molecule has 0 bridgehead atoms. The summed E-state index contributed by atoms with van der Waals surface area (Å²) in [5.74, 6) is -0.0177. The quantitative estimate of drug-likeness (QED) is 0.766. The number of aryl methyl sites for hydroxylation is 2. The van der Waals surface area contributed by atoms with Crippen molar-refractivity contribution >= 4 is 32.9 Å². The molecule has 1 fully saturated rings. The van der Waals surface area contributed by atoms with Crippen molar-refractivity contribution in [2.75, 3.05) is 18.6 Å². The highest BCUT2D eigenvalue weighted by atomic mass is 32.2. The molecule has 1 aromatic rings. The van der Waals surface area contributed by atoms with Gasteiger partial charge in [-0.15, -0.1) is 11.3 Å². The second-order valence-electron chi connectivity index (χ2n) is 5.81. The Morgan fingerprint density at radius 1 is 1.32 bits per heavy atom. The van der Waals surface area contributed by atoms with E-state index in [4.69, 9.17) is 0 Å². The molecule has 0 saturated carbocycles. The fourth-order valence-electron chi connectivity index (χ4n) is 2.72. The second kappa shape index (κ2) is 6.50. The van der Waals surface area contributed by atoms with Crippen LogP contribution in [-0.2, 0) is 14.6 Å². The number of amides is 1. The molecular weight excluding hydrogens is 322 g/mol. The Hall–Kier alpha value is -1.21. The summed E-state index contributed by atoms with van der Waals surface area (Å²) in [4.78, 5) is 27.9. The van der Waals surface area contributed by atoms with E-state index in [1.54, 1.807) is 18.4 Å². The Kier molecular flexibility index (Phi) is 5.07. The van der Waals surface area contributed by atoms with Gasteiger partial charge in [0, 0.05) is 41.2 Å². The zero-order chi connectivity index (χ0) is 16.5. The van der Waals surface area contributed by atoms with Gasteiger partial charge in [-0.1, -0.05) is 0 Å². The van der Waals surface area contributed by atoms with E-state index < -0.39 is 9.84 Å². The maximum Gasteiger partial charge on any atom is 0.223 e. The maximum atomic E-state index is 12.2. The number of hydrogen-bond acceptors (Lipinski definition) is 5. The molecule has 5 nitrogen and oxygen atoms in total. The van der Waals surface area contributed by atoms with Crippen molar-refractivity contribution in [2.24, 2.45) is 0 Å². The lowest BCUT2D eigenvalue weighted by molar-refractivity contribution is -0.131. The van der Waals surface area contributed by atoms with Crippen molar-refractivity contribution in [3.63, 3.8) is 0 Å². The number of thiophene rings is 1. The molecule has 122 valence electrons. The molecule has 0 radical (unpaired) electrons. The van der Waals surface area contributed by atoms with E-state index in [-0.39, 0.29) is 42.1 Å². The van der Waals surface area contributed by atoms with Crippen LogP contribution in [0.5, 0.6) is 0 Å². The molecule has 0 unspecified atom stereocenters. The molecule has 7 heteroatoms. The summed E-state index contributed by atoms with van der Waals surface area (Å²) >= 11 is 1.58. The zero-order valence-corrected chi connectivity index (χ0v) is 14.7. The predicted octanol–water partition coefficient (Wildman–Crippen LogP) is 1.97. The van der Waals surface area contributed by atoms with Crippen molar-refractivity contribution < 1.29 is 18.0 Å². The van der Waals surface area contributed by atoms with Crippen LogP contribution in [0.25, 0.3) is 0 Å². The molecule has 1 saturated heterocycles. The standard InChI is InChI=1S/C15H21NO4S2/c1-10-8-13(11(2)21-10)14(17)4-5-15(18)16(3)12-6-7-22(19,20)9-12/h8,12H,4-7,9H2,1-3H3/t12-/m1/s1. The number of hydrogen-bond donors (Lipinski definition) is 0. The van der Waals surface area contributed by atoms with E-state index in [9.17, 15) is 18.0 Å². The average molecular weight is 343 g/mol. The molecule has 1 atom stereocenters. The molecule has 2 rings (SSSR count). The number of nitrogens with zero attached hydrogens (tertiary/aromatic N) is 1. The van der Waals surface area contributed by atoms with Crippen LogP contribution in [0.4, 0.5) is 0 Å². The largest absolute Gasteiger partial charge is 0.342 e. The number of rotatable bonds is 5. The van der Waals surface area contributed by atoms with Crippen molar-refractivity contribution in [3.05, 3.63) is 21.4 Å². The zero-order valence-electron chi connectivity index (χ0n) is 13.1. The number of sulfone groups is 1. The molecule has 1 aliphatic heterocycles. The van der Waals surface area contributed by atoms with Crippen LogP contribution in [0.15, 0.2) is 6.07 Å². The third kappa shape index (κ3) is 3.95. The number of Topliss-reactive ketones (excluding diaryl/α,β-unsaturated/α-hetero) is 1. The van der Waals surface area contributed by atoms with Gasteiger partial charge in [0.2, 0.25) is 5.91 Å². The lowest BCUT2D eigenvalue weighted by atomic mass is 10.1. The first-order valence-corrected chi connectivity index (χ1v) is 9.90. The third-order valence-electron chi connectivity index (χ3n) is 4.06. The van der Waals surface area contributed by atoms with Gasteiger partial charge >= 0.3 is 0 Å². The Balaban J connectivity index is 1.90. The number of carbonyl (C=O) groups is 2. The van der Waals surface area contributed by atoms with Gasteiger partial charge in [0.25, 0.3) is 0 Å². The molecule has 1 aromatic heterocycles. The van der Waals surface area contributed by atoms with Crippen molar-refractivity contribution in [3.8, 4) is 0 Å². The predicted molar refractivity (Wildman–Crippen MR) is 87.2 cm³/mol. The van der Waals surface area contributed by atoms with Gasteiger partial charge < -0.3 is 4.90 Å². The Morgan fingerprint density at radius 2 is 2.00 bits per heavy atom. The molecule has 2 heterocycles. The first-order valence-electron chi connectivity index (χ1n) is 7.26. The SMILES string of the molecule is Cc1cc(C(=O)CCC(=O)N(C)[C@@H]2CCS(=O)(=O)C2)c(C)s1. The van der Waals surface area contributed by atoms with Crippen LogP contribution in [0, 0.1) is 13.8 Å². The molecule has 0 N–H and O–H groups in total. The highest BCUT2D eigenvalue weighted by molar-refractivity contribution is 7.91. The minimum absolute atomic E-state index is 0.0253. The van der Waals surface area contributed by atoms with Gasteiger partial charge in [-0.05, 0) is 26.3 Å². The van der Waals surface area contributed by atoms with E-state index in [0.717, 1.165) is 9.75 Å². The van der Waals surface area contributed by atoms with E-state index >= 15 is 0 Å². The first kappa shape index (κ1) is 17.1. The molecule has 22 heavy (non-hydrogen) atoms. The summed E-state index contributed by atoms with van der Waals surface area (Å²) in [6.07, 6.45) is 0.779. The minimum Gasteiger partial charge on any atom is -0.342 e. The number of ketones is 1. The minimum atomic E-state index is -3.01. The second-order valence-corrected chi connectivity index (χ2v) is 9.50. The van der Waals surface area contributed by atoms with Crippen LogP contribution < -0.4 is 0 Å². The Labute approximate surface area is 135 Å². The van der Waals surface area contributed by atoms with Crippen LogP contribution in [0.2, 0.25) is 0 Å². The summed E-state index contributed by atoms with van der Waals surface area (Å²) in [5.41, 5.74) is 0.696. The smallest absolute Gasteiger partial charge is 0.223 e. The molecule has 1 amide bonds. The molecule has 0 aromatic carbocycles. The third-order valence-corrected chi connectivity index (χ3v) is 6.77. The summed E-state index contributed by atoms with van der Waals surface area (Å²) in [6.45, 7) is 3.86. The summed E-state index contributed by atoms with van der Waals surface area (Å²) < 4.78 is 22.9. The van der Waals surface area contributed by atoms with Crippen LogP contribution >= 0.6 is 11.3 Å². The van der Waals surface area contributed by atoms with Gasteiger partial charge in [0.1, 0.15) is 0 Å². The Morgan fingerprint density at radius 3 is 2.50 bits per heavy atom. The van der Waals surface area contributed by atoms with Crippen molar-refractivity contribution in [2.45, 2.75) is 39.2 Å². The maximum absolute atomic E-state index is 12.2. The number of carbonyl (C=O) groups excluding carboxylic acids is 2. The molecular formula is C15H21NO4S2. The fraction of sp³-hybridized carbons (Fsp3) is 0.600. The van der Waals surface area contributed by atoms with Crippen LogP contribution in [0.3, 0.4) is 0 Å². The van der Waals surface area contributed by atoms with Crippen molar-refractivity contribution in [1.82, 2.24) is 4.90 Å². The van der Waals surface area contributed by atoms with E-state index in [1.807, 2.05) is 19.9 Å². The topological polar surface area (TPSA) is 71.5 Å². The summed E-state index contributed by atoms with van der Waals surface area (Å²) in [6, 6.07) is 1.61. The molecule has 0 spiro atoms. The highest BCUT2D eigenvalue weighted by Crippen LogP contribution is 2.23. The van der Waals surface area contributed by atoms with E-state index in [0.29, 0.717) is 12.0 Å². The fourth-order valence-corrected chi connectivity index (χ4v) is 5.44. The first-order chi connectivity index (χ1) is 10.2. The monoisotopic (exact) mass is 343 g/mol. The van der Waals surface area contributed by atoms with Gasteiger partial charge in [0.05, 0.1) is 11.5 Å². The van der Waals surface area contributed by atoms with E-state index in [2.05, 4.69) is 0 Å². The Bertz CT molecular complexity index is 690. The average Bonchev–Trinajstić information content (AvgIpc) is 2.96. The van der Waals surface area contributed by atoms with Crippen molar-refractivity contribution in [1.29, 1.82) is 0 Å². The van der Waals surface area contributed by atoms with Crippen LogP contribution in [0.1, 0.15) is 39.4 Å². The highest BCUT2D eigenvalue weighted by Gasteiger charge is 2.32.